The first-order valence-electron chi connectivity index (χ1n) is 10.3. The fourth-order valence-corrected chi connectivity index (χ4v) is 4.53. The third-order valence-electron chi connectivity index (χ3n) is 5.43. The Morgan fingerprint density at radius 2 is 2.10 bits per heavy atom. The zero-order valence-corrected chi connectivity index (χ0v) is 19.9. The Hall–Kier alpha value is -1.26. The van der Waals surface area contributed by atoms with Gasteiger partial charge < -0.3 is 24.7 Å². The Morgan fingerprint density at radius 3 is 2.79 bits per heavy atom. The molecule has 2 aliphatic heterocycles. The predicted octanol–water partition coefficient (Wildman–Crippen LogP) is 3.74. The van der Waals surface area contributed by atoms with Crippen molar-refractivity contribution in [1.29, 1.82) is 0 Å². The summed E-state index contributed by atoms with van der Waals surface area (Å²) < 4.78 is 10.9. The first-order chi connectivity index (χ1) is 13.9. The van der Waals surface area contributed by atoms with Crippen LogP contribution in [-0.2, 0) is 11.2 Å². The summed E-state index contributed by atoms with van der Waals surface area (Å²) in [6.45, 7) is 5.53. The van der Waals surface area contributed by atoms with Gasteiger partial charge in [0.25, 0.3) is 0 Å². The quantitative estimate of drug-likeness (QED) is 0.325. The standard InChI is InChI=1S/C21H30N4O2S.HI/c1-3-19(27-12-1)5-9-22-21(23-15-17-8-13-26-16-17)24-18-6-10-25(11-7-18)20-4-2-14-28-20;/h1-4,12,14,17-18H,5-11,13,15-16H2,(H2,22,23,24);1H. The predicted molar refractivity (Wildman–Crippen MR) is 130 cm³/mol. The lowest BCUT2D eigenvalue weighted by atomic mass is 10.1. The number of guanidine groups is 1. The number of rotatable bonds is 7. The molecule has 0 aliphatic carbocycles. The highest BCUT2D eigenvalue weighted by Gasteiger charge is 2.21. The first-order valence-corrected chi connectivity index (χ1v) is 11.2. The molecule has 2 aromatic heterocycles. The van der Waals surface area contributed by atoms with Gasteiger partial charge in [-0.25, -0.2) is 0 Å². The Bertz CT molecular complexity index is 709. The summed E-state index contributed by atoms with van der Waals surface area (Å²) in [7, 11) is 0. The SMILES string of the molecule is I.c1coc(CCNC(=NCC2CCOC2)NC2CCN(c3cccs3)CC2)c1. The fraction of sp³-hybridized carbons (Fsp3) is 0.571. The minimum atomic E-state index is 0. The molecule has 0 radical (unpaired) electrons. The molecule has 0 aromatic carbocycles. The lowest BCUT2D eigenvalue weighted by Gasteiger charge is -2.33. The van der Waals surface area contributed by atoms with Crippen LogP contribution < -0.4 is 15.5 Å². The summed E-state index contributed by atoms with van der Waals surface area (Å²) in [5, 5.41) is 10.7. The Kier molecular flexibility index (Phi) is 9.13. The van der Waals surface area contributed by atoms with Crippen molar-refractivity contribution in [3.8, 4) is 0 Å². The van der Waals surface area contributed by atoms with Crippen LogP contribution in [0.25, 0.3) is 0 Å². The van der Waals surface area contributed by atoms with Crippen molar-refractivity contribution in [3.63, 3.8) is 0 Å². The van der Waals surface area contributed by atoms with E-state index in [1.54, 1.807) is 6.26 Å². The second kappa shape index (κ2) is 11.8. The van der Waals surface area contributed by atoms with Gasteiger partial charge in [-0.2, -0.15) is 0 Å². The maximum atomic E-state index is 5.49. The number of furan rings is 1. The van der Waals surface area contributed by atoms with Gasteiger partial charge in [-0.05, 0) is 48.9 Å². The molecule has 4 rings (SSSR count). The lowest BCUT2D eigenvalue weighted by molar-refractivity contribution is 0.187. The molecule has 1 unspecified atom stereocenters. The third-order valence-corrected chi connectivity index (χ3v) is 6.36. The van der Waals surface area contributed by atoms with Crippen LogP contribution >= 0.6 is 35.3 Å². The van der Waals surface area contributed by atoms with Gasteiger partial charge in [0.2, 0.25) is 0 Å². The Morgan fingerprint density at radius 1 is 1.21 bits per heavy atom. The zero-order chi connectivity index (χ0) is 19.0. The van der Waals surface area contributed by atoms with E-state index in [2.05, 4.69) is 33.0 Å². The van der Waals surface area contributed by atoms with E-state index < -0.39 is 0 Å². The van der Waals surface area contributed by atoms with Crippen LogP contribution in [0.1, 0.15) is 25.0 Å². The molecule has 8 heteroatoms. The summed E-state index contributed by atoms with van der Waals surface area (Å²) in [5.74, 6) is 2.47. The summed E-state index contributed by atoms with van der Waals surface area (Å²) in [6.07, 6.45) is 5.95. The molecule has 6 nitrogen and oxygen atoms in total. The van der Waals surface area contributed by atoms with Crippen LogP contribution in [0, 0.1) is 5.92 Å². The van der Waals surface area contributed by atoms with Gasteiger partial charge in [0, 0.05) is 51.2 Å². The van der Waals surface area contributed by atoms with Crippen molar-refractivity contribution in [1.82, 2.24) is 10.6 Å². The normalized spacial score (nSPS) is 20.5. The Balaban J connectivity index is 0.00000240. The summed E-state index contributed by atoms with van der Waals surface area (Å²) in [5.41, 5.74) is 0. The number of halogens is 1. The van der Waals surface area contributed by atoms with E-state index in [1.807, 2.05) is 23.5 Å². The molecule has 0 saturated carbocycles. The van der Waals surface area contributed by atoms with Crippen molar-refractivity contribution in [2.45, 2.75) is 31.7 Å². The van der Waals surface area contributed by atoms with Gasteiger partial charge in [-0.3, -0.25) is 4.99 Å². The average molecular weight is 530 g/mol. The zero-order valence-electron chi connectivity index (χ0n) is 16.7. The number of hydrogen-bond acceptors (Lipinski definition) is 5. The number of hydrogen-bond donors (Lipinski definition) is 2. The van der Waals surface area contributed by atoms with Crippen molar-refractivity contribution in [2.24, 2.45) is 10.9 Å². The van der Waals surface area contributed by atoms with Crippen LogP contribution in [0.3, 0.4) is 0 Å². The van der Waals surface area contributed by atoms with E-state index in [9.17, 15) is 0 Å². The van der Waals surface area contributed by atoms with Crippen molar-refractivity contribution >= 4 is 46.3 Å². The summed E-state index contributed by atoms with van der Waals surface area (Å²) >= 11 is 1.83. The monoisotopic (exact) mass is 530 g/mol. The fourth-order valence-electron chi connectivity index (χ4n) is 3.75. The van der Waals surface area contributed by atoms with Crippen molar-refractivity contribution in [2.75, 3.05) is 44.3 Å². The number of nitrogens with zero attached hydrogens (tertiary/aromatic N) is 2. The topological polar surface area (TPSA) is 62.0 Å². The maximum absolute atomic E-state index is 5.49. The van der Waals surface area contributed by atoms with Crippen LogP contribution in [0.5, 0.6) is 0 Å². The van der Waals surface area contributed by atoms with Gasteiger partial charge in [0.05, 0.1) is 17.9 Å². The number of ether oxygens (including phenoxy) is 1. The largest absolute Gasteiger partial charge is 0.469 e. The first kappa shape index (κ1) is 22.4. The van der Waals surface area contributed by atoms with E-state index in [4.69, 9.17) is 14.1 Å². The highest BCUT2D eigenvalue weighted by Crippen LogP contribution is 2.24. The van der Waals surface area contributed by atoms with Crippen molar-refractivity contribution in [3.05, 3.63) is 41.7 Å². The highest BCUT2D eigenvalue weighted by molar-refractivity contribution is 14.0. The van der Waals surface area contributed by atoms with Gasteiger partial charge in [-0.15, -0.1) is 35.3 Å². The molecule has 2 aliphatic rings. The van der Waals surface area contributed by atoms with E-state index >= 15 is 0 Å². The number of piperidine rings is 1. The van der Waals surface area contributed by atoms with Crippen LogP contribution in [0.2, 0.25) is 0 Å². The molecule has 2 N–H and O–H groups in total. The second-order valence-corrected chi connectivity index (χ2v) is 8.46. The molecule has 29 heavy (non-hydrogen) atoms. The van der Waals surface area contributed by atoms with E-state index in [1.165, 1.54) is 5.00 Å². The third kappa shape index (κ3) is 6.89. The number of thiophene rings is 1. The minimum Gasteiger partial charge on any atom is -0.469 e. The second-order valence-electron chi connectivity index (χ2n) is 7.53. The van der Waals surface area contributed by atoms with Gasteiger partial charge in [-0.1, -0.05) is 0 Å². The van der Waals surface area contributed by atoms with Gasteiger partial charge in [0.1, 0.15) is 5.76 Å². The molecule has 2 saturated heterocycles. The number of anilines is 1. The van der Waals surface area contributed by atoms with Crippen LogP contribution in [0.15, 0.2) is 45.3 Å². The highest BCUT2D eigenvalue weighted by atomic mass is 127. The summed E-state index contributed by atoms with van der Waals surface area (Å²) in [4.78, 5) is 7.35. The van der Waals surface area contributed by atoms with E-state index in [-0.39, 0.29) is 24.0 Å². The minimum absolute atomic E-state index is 0. The molecule has 0 amide bonds. The molecule has 160 valence electrons. The molecule has 2 fully saturated rings. The van der Waals surface area contributed by atoms with Gasteiger partial charge >= 0.3 is 0 Å². The number of nitrogens with one attached hydrogen (secondary N) is 2. The van der Waals surface area contributed by atoms with Crippen molar-refractivity contribution < 1.29 is 9.15 Å². The van der Waals surface area contributed by atoms with E-state index in [0.717, 1.165) is 76.8 Å². The average Bonchev–Trinajstić information content (AvgIpc) is 3.50. The maximum Gasteiger partial charge on any atom is 0.191 e. The molecule has 1 atom stereocenters. The molecular weight excluding hydrogens is 499 g/mol. The molecule has 0 spiro atoms. The van der Waals surface area contributed by atoms with Gasteiger partial charge in [0.15, 0.2) is 5.96 Å². The van der Waals surface area contributed by atoms with Crippen LogP contribution in [0.4, 0.5) is 5.00 Å². The molecule has 4 heterocycles. The number of aliphatic imine (C=N–C) groups is 1. The smallest absolute Gasteiger partial charge is 0.191 e. The van der Waals surface area contributed by atoms with E-state index in [0.29, 0.717) is 12.0 Å². The summed E-state index contributed by atoms with van der Waals surface area (Å²) in [6, 6.07) is 8.76. The van der Waals surface area contributed by atoms with Crippen LogP contribution in [-0.4, -0.2) is 51.4 Å². The lowest BCUT2D eigenvalue weighted by Crippen LogP contribution is -2.49. The molecular formula is C21H31IN4O2S. The molecule has 2 aromatic rings. The Labute approximate surface area is 194 Å². The molecule has 0 bridgehead atoms.